The lowest BCUT2D eigenvalue weighted by molar-refractivity contribution is 0.0170. The number of piperidine rings is 1. The maximum absolute atomic E-state index is 11.6. The molecular formula is C22H40N6O3. The van der Waals surface area contributed by atoms with Gasteiger partial charge in [-0.25, -0.2) is 4.79 Å². The minimum Gasteiger partial charge on any atom is -0.444 e. The second-order valence-electron chi connectivity index (χ2n) is 9.01. The van der Waals surface area contributed by atoms with E-state index < -0.39 is 5.60 Å². The van der Waals surface area contributed by atoms with Crippen molar-refractivity contribution in [1.82, 2.24) is 25.3 Å². The molecule has 0 radical (unpaired) electrons. The van der Waals surface area contributed by atoms with Crippen molar-refractivity contribution in [3.05, 3.63) is 17.0 Å². The van der Waals surface area contributed by atoms with Crippen LogP contribution in [-0.2, 0) is 23.1 Å². The van der Waals surface area contributed by atoms with Crippen LogP contribution in [0.15, 0.2) is 4.99 Å². The van der Waals surface area contributed by atoms with Gasteiger partial charge in [-0.05, 0) is 53.9 Å². The molecule has 9 heteroatoms. The van der Waals surface area contributed by atoms with Gasteiger partial charge in [-0.1, -0.05) is 0 Å². The number of carbonyl (C=O) groups excluding carboxylic acids is 1. The van der Waals surface area contributed by atoms with Crippen LogP contribution in [0.5, 0.6) is 0 Å². The number of ether oxygens (including phenoxy) is 2. The van der Waals surface area contributed by atoms with Gasteiger partial charge in [0.15, 0.2) is 5.96 Å². The molecule has 0 spiro atoms. The van der Waals surface area contributed by atoms with Gasteiger partial charge < -0.3 is 25.0 Å². The quantitative estimate of drug-likeness (QED) is 0.388. The van der Waals surface area contributed by atoms with Crippen LogP contribution in [0.1, 0.15) is 57.0 Å². The zero-order valence-corrected chi connectivity index (χ0v) is 20.2. The first kappa shape index (κ1) is 25.0. The molecule has 1 fully saturated rings. The number of hydrogen-bond acceptors (Lipinski definition) is 5. The molecule has 2 N–H and O–H groups in total. The highest BCUT2D eigenvalue weighted by Gasteiger charge is 2.22. The Labute approximate surface area is 186 Å². The first-order valence-corrected chi connectivity index (χ1v) is 11.1. The summed E-state index contributed by atoms with van der Waals surface area (Å²) in [5.74, 6) is 0.919. The molecule has 2 rings (SSSR count). The van der Waals surface area contributed by atoms with E-state index in [0.717, 1.165) is 50.6 Å². The zero-order valence-electron chi connectivity index (χ0n) is 20.2. The second kappa shape index (κ2) is 11.4. The van der Waals surface area contributed by atoms with Crippen molar-refractivity contribution in [1.29, 1.82) is 0 Å². The van der Waals surface area contributed by atoms with Crippen molar-refractivity contribution in [2.24, 2.45) is 12.0 Å². The van der Waals surface area contributed by atoms with Crippen LogP contribution >= 0.6 is 0 Å². The highest BCUT2D eigenvalue weighted by atomic mass is 16.6. The third-order valence-corrected chi connectivity index (χ3v) is 5.38. The number of carbonyl (C=O) groups is 1. The molecule has 1 saturated heterocycles. The number of amides is 1. The van der Waals surface area contributed by atoms with E-state index in [1.807, 2.05) is 46.5 Å². The molecule has 0 saturated carbocycles. The summed E-state index contributed by atoms with van der Waals surface area (Å²) in [6.45, 7) is 13.4. The lowest BCUT2D eigenvalue weighted by Gasteiger charge is -2.34. The summed E-state index contributed by atoms with van der Waals surface area (Å²) in [6, 6.07) is 0. The maximum Gasteiger partial charge on any atom is 0.407 e. The predicted molar refractivity (Wildman–Crippen MR) is 122 cm³/mol. The van der Waals surface area contributed by atoms with Gasteiger partial charge in [0.05, 0.1) is 11.8 Å². The molecule has 176 valence electrons. The van der Waals surface area contributed by atoms with Crippen molar-refractivity contribution in [2.45, 2.75) is 72.1 Å². The van der Waals surface area contributed by atoms with Gasteiger partial charge in [0.1, 0.15) is 5.60 Å². The van der Waals surface area contributed by atoms with E-state index in [0.29, 0.717) is 13.2 Å². The van der Waals surface area contributed by atoms with Gasteiger partial charge >= 0.3 is 6.09 Å². The Morgan fingerprint density at radius 1 is 1.23 bits per heavy atom. The van der Waals surface area contributed by atoms with Crippen LogP contribution < -0.4 is 10.6 Å². The summed E-state index contributed by atoms with van der Waals surface area (Å²) in [7, 11) is 3.80. The third-order valence-electron chi connectivity index (χ3n) is 5.38. The molecule has 1 amide bonds. The van der Waals surface area contributed by atoms with Gasteiger partial charge in [-0.3, -0.25) is 9.67 Å². The Kier molecular flexibility index (Phi) is 9.15. The summed E-state index contributed by atoms with van der Waals surface area (Å²) >= 11 is 0. The molecule has 0 aromatic carbocycles. The summed E-state index contributed by atoms with van der Waals surface area (Å²) < 4.78 is 13.1. The Bertz CT molecular complexity index is 745. The van der Waals surface area contributed by atoms with Crippen LogP contribution in [0.4, 0.5) is 4.79 Å². The maximum atomic E-state index is 11.6. The summed E-state index contributed by atoms with van der Waals surface area (Å²) in [4.78, 5) is 18.4. The van der Waals surface area contributed by atoms with Gasteiger partial charge in [0.2, 0.25) is 0 Å². The fourth-order valence-electron chi connectivity index (χ4n) is 3.63. The van der Waals surface area contributed by atoms with E-state index in [9.17, 15) is 4.79 Å². The topological polar surface area (TPSA) is 93.0 Å². The van der Waals surface area contributed by atoms with Crippen molar-refractivity contribution in [3.63, 3.8) is 0 Å². The molecule has 0 atom stereocenters. The Hall–Kier alpha value is -2.29. The van der Waals surface area contributed by atoms with Gasteiger partial charge in [0, 0.05) is 58.1 Å². The minimum absolute atomic E-state index is 0.249. The molecule has 1 aromatic rings. The van der Waals surface area contributed by atoms with Crippen molar-refractivity contribution < 1.29 is 14.3 Å². The smallest absolute Gasteiger partial charge is 0.407 e. The van der Waals surface area contributed by atoms with Gasteiger partial charge in [0.25, 0.3) is 0 Å². The molecule has 1 aromatic heterocycles. The number of nitrogens with one attached hydrogen (secondary N) is 2. The van der Waals surface area contributed by atoms with E-state index in [1.54, 1.807) is 0 Å². The van der Waals surface area contributed by atoms with E-state index in [4.69, 9.17) is 9.47 Å². The van der Waals surface area contributed by atoms with Crippen molar-refractivity contribution in [3.8, 4) is 0 Å². The van der Waals surface area contributed by atoms with Crippen LogP contribution in [0, 0.1) is 13.8 Å². The molecule has 1 aliphatic heterocycles. The first-order valence-electron chi connectivity index (χ1n) is 11.1. The van der Waals surface area contributed by atoms with Crippen LogP contribution in [-0.4, -0.2) is 71.7 Å². The molecule has 9 nitrogen and oxygen atoms in total. The Morgan fingerprint density at radius 3 is 2.45 bits per heavy atom. The standard InChI is InChI=1S/C22H40N6O3/c1-16-19(17(2)27(7)26-16)15-25-20(23-6)28-12-9-18(10-13-28)30-14-8-11-24-21(29)31-22(3,4)5/h18H,8-15H2,1-7H3,(H,23,25)(H,24,29). The van der Waals surface area contributed by atoms with Gasteiger partial charge in [-0.15, -0.1) is 0 Å². The Morgan fingerprint density at radius 2 is 1.90 bits per heavy atom. The average Bonchev–Trinajstić information content (AvgIpc) is 2.93. The summed E-state index contributed by atoms with van der Waals surface area (Å²) in [6.07, 6.45) is 2.57. The molecule has 0 aliphatic carbocycles. The molecule has 31 heavy (non-hydrogen) atoms. The van der Waals surface area contributed by atoms with E-state index >= 15 is 0 Å². The van der Waals surface area contributed by atoms with E-state index in [-0.39, 0.29) is 12.2 Å². The number of nitrogens with zero attached hydrogens (tertiary/aromatic N) is 4. The van der Waals surface area contributed by atoms with Crippen molar-refractivity contribution in [2.75, 3.05) is 33.3 Å². The minimum atomic E-state index is -0.473. The van der Waals surface area contributed by atoms with Crippen LogP contribution in [0.3, 0.4) is 0 Å². The summed E-state index contributed by atoms with van der Waals surface area (Å²) in [5, 5.41) is 10.7. The number of aliphatic imine (C=N–C) groups is 1. The number of aryl methyl sites for hydroxylation is 2. The molecular weight excluding hydrogens is 396 g/mol. The number of aromatic nitrogens is 2. The van der Waals surface area contributed by atoms with Crippen molar-refractivity contribution >= 4 is 12.1 Å². The van der Waals surface area contributed by atoms with Crippen LogP contribution in [0.25, 0.3) is 0 Å². The molecule has 2 heterocycles. The first-order chi connectivity index (χ1) is 14.6. The molecule has 0 bridgehead atoms. The monoisotopic (exact) mass is 436 g/mol. The number of guanidine groups is 1. The fraction of sp³-hybridized carbons (Fsp3) is 0.773. The number of likely N-dealkylation sites (tertiary alicyclic amines) is 1. The summed E-state index contributed by atoms with van der Waals surface area (Å²) in [5.41, 5.74) is 2.98. The highest BCUT2D eigenvalue weighted by molar-refractivity contribution is 5.80. The van der Waals surface area contributed by atoms with Crippen LogP contribution in [0.2, 0.25) is 0 Å². The zero-order chi connectivity index (χ0) is 23.0. The third kappa shape index (κ3) is 8.05. The average molecular weight is 437 g/mol. The number of rotatable bonds is 7. The lowest BCUT2D eigenvalue weighted by atomic mass is 10.1. The molecule has 1 aliphatic rings. The van der Waals surface area contributed by atoms with E-state index in [2.05, 4.69) is 32.5 Å². The second-order valence-corrected chi connectivity index (χ2v) is 9.01. The Balaban J connectivity index is 1.65. The molecule has 0 unspecified atom stereocenters. The van der Waals surface area contributed by atoms with Gasteiger partial charge in [-0.2, -0.15) is 5.10 Å². The lowest BCUT2D eigenvalue weighted by Crippen LogP contribution is -2.46. The SMILES string of the molecule is CN=C(NCc1c(C)nn(C)c1C)N1CCC(OCCCNC(=O)OC(C)(C)C)CC1. The van der Waals surface area contributed by atoms with E-state index in [1.165, 1.54) is 11.3 Å². The largest absolute Gasteiger partial charge is 0.444 e. The number of alkyl carbamates (subject to hydrolysis) is 1. The predicted octanol–water partition coefficient (Wildman–Crippen LogP) is 2.51. The number of hydrogen-bond donors (Lipinski definition) is 2. The normalized spacial score (nSPS) is 15.8. The highest BCUT2D eigenvalue weighted by Crippen LogP contribution is 2.15. The fourth-order valence-corrected chi connectivity index (χ4v) is 3.63.